The lowest BCUT2D eigenvalue weighted by molar-refractivity contribution is -0.161. The number of methoxy groups -OCH3 is 1. The maximum Gasteiger partial charge on any atom is 0.329 e. The van der Waals surface area contributed by atoms with Crippen LogP contribution in [0.25, 0.3) is 0 Å². The van der Waals surface area contributed by atoms with E-state index in [0.717, 1.165) is 0 Å². The Morgan fingerprint density at radius 3 is 2.27 bits per heavy atom. The van der Waals surface area contributed by atoms with Gasteiger partial charge >= 0.3 is 11.9 Å². The summed E-state index contributed by atoms with van der Waals surface area (Å²) in [5.41, 5.74) is -0.872. The van der Waals surface area contributed by atoms with E-state index >= 15 is 0 Å². The number of amides is 1. The molecule has 1 unspecified atom stereocenters. The number of ether oxygens (including phenoxy) is 2. The van der Waals surface area contributed by atoms with Gasteiger partial charge in [-0.25, -0.2) is 4.79 Å². The highest BCUT2D eigenvalue weighted by Gasteiger charge is 2.44. The Labute approximate surface area is 129 Å². The zero-order valence-corrected chi connectivity index (χ0v) is 13.2. The summed E-state index contributed by atoms with van der Waals surface area (Å²) in [5, 5.41) is 2.56. The number of hydrogen-bond acceptors (Lipinski definition) is 5. The summed E-state index contributed by atoms with van der Waals surface area (Å²) in [7, 11) is 1.23. The van der Waals surface area contributed by atoms with Crippen molar-refractivity contribution in [1.82, 2.24) is 5.32 Å². The SMILES string of the molecule is CCOC(=O)C(NC(=O)c1ccccc1)C(C)(C)C(=O)OC. The summed E-state index contributed by atoms with van der Waals surface area (Å²) < 4.78 is 9.67. The van der Waals surface area contributed by atoms with Crippen LogP contribution >= 0.6 is 0 Å². The molecule has 120 valence electrons. The van der Waals surface area contributed by atoms with Gasteiger partial charge in [-0.2, -0.15) is 0 Å². The molecule has 0 spiro atoms. The average molecular weight is 307 g/mol. The maximum atomic E-state index is 12.3. The first-order valence-corrected chi connectivity index (χ1v) is 6.95. The first kappa shape index (κ1) is 17.7. The van der Waals surface area contributed by atoms with Crippen LogP contribution in [0.4, 0.5) is 0 Å². The summed E-state index contributed by atoms with van der Waals surface area (Å²) in [6.07, 6.45) is 0. The molecule has 0 heterocycles. The molecule has 22 heavy (non-hydrogen) atoms. The molecule has 0 aliphatic carbocycles. The van der Waals surface area contributed by atoms with Gasteiger partial charge in [0.15, 0.2) is 0 Å². The van der Waals surface area contributed by atoms with Crippen LogP contribution in [0.3, 0.4) is 0 Å². The van der Waals surface area contributed by atoms with Gasteiger partial charge in [0.05, 0.1) is 19.1 Å². The quantitative estimate of drug-likeness (QED) is 0.806. The Kier molecular flexibility index (Phi) is 6.10. The van der Waals surface area contributed by atoms with Gasteiger partial charge < -0.3 is 14.8 Å². The van der Waals surface area contributed by atoms with Gasteiger partial charge in [0.2, 0.25) is 0 Å². The van der Waals surface area contributed by atoms with Crippen LogP contribution in [0, 0.1) is 5.41 Å². The molecule has 6 nitrogen and oxygen atoms in total. The topological polar surface area (TPSA) is 81.7 Å². The van der Waals surface area contributed by atoms with E-state index in [2.05, 4.69) is 5.32 Å². The maximum absolute atomic E-state index is 12.3. The highest BCUT2D eigenvalue weighted by atomic mass is 16.5. The zero-order chi connectivity index (χ0) is 16.8. The first-order chi connectivity index (χ1) is 10.3. The van der Waals surface area contributed by atoms with E-state index in [4.69, 9.17) is 9.47 Å². The smallest absolute Gasteiger partial charge is 0.329 e. The first-order valence-electron chi connectivity index (χ1n) is 6.95. The van der Waals surface area contributed by atoms with Gasteiger partial charge in [0.25, 0.3) is 5.91 Å². The number of carbonyl (C=O) groups excluding carboxylic acids is 3. The molecule has 0 bridgehead atoms. The second-order valence-corrected chi connectivity index (χ2v) is 5.24. The largest absolute Gasteiger partial charge is 0.469 e. The summed E-state index contributed by atoms with van der Waals surface area (Å²) in [4.78, 5) is 36.3. The van der Waals surface area contributed by atoms with Gasteiger partial charge in [-0.05, 0) is 32.9 Å². The fourth-order valence-electron chi connectivity index (χ4n) is 1.94. The third-order valence-electron chi connectivity index (χ3n) is 3.27. The molecule has 0 radical (unpaired) electrons. The van der Waals surface area contributed by atoms with Gasteiger partial charge in [-0.1, -0.05) is 18.2 Å². The van der Waals surface area contributed by atoms with Crippen LogP contribution in [0.5, 0.6) is 0 Å². The standard InChI is InChI=1S/C16H21NO5/c1-5-22-14(19)12(16(2,3)15(20)21-4)17-13(18)11-9-7-6-8-10-11/h6-10,12H,5H2,1-4H3,(H,17,18). The van der Waals surface area contributed by atoms with E-state index in [9.17, 15) is 14.4 Å². The molecule has 0 aliphatic rings. The van der Waals surface area contributed by atoms with E-state index in [1.165, 1.54) is 21.0 Å². The molecular formula is C16H21NO5. The van der Waals surface area contributed by atoms with Crippen molar-refractivity contribution in [2.24, 2.45) is 5.41 Å². The molecule has 1 amide bonds. The predicted octanol–water partition coefficient (Wildman–Crippen LogP) is 1.55. The van der Waals surface area contributed by atoms with Crippen LogP contribution < -0.4 is 5.32 Å². The summed E-state index contributed by atoms with van der Waals surface area (Å²) in [6.45, 7) is 4.84. The molecule has 0 fully saturated rings. The van der Waals surface area contributed by atoms with Crippen LogP contribution in [-0.2, 0) is 19.1 Å². The Morgan fingerprint density at radius 1 is 1.18 bits per heavy atom. The lowest BCUT2D eigenvalue weighted by Crippen LogP contribution is -2.54. The third-order valence-corrected chi connectivity index (χ3v) is 3.27. The molecule has 1 rings (SSSR count). The highest BCUT2D eigenvalue weighted by molar-refractivity contribution is 5.98. The molecule has 1 atom stereocenters. The van der Waals surface area contributed by atoms with E-state index in [1.54, 1.807) is 37.3 Å². The number of nitrogens with one attached hydrogen (secondary N) is 1. The van der Waals surface area contributed by atoms with E-state index < -0.39 is 29.3 Å². The molecule has 0 aliphatic heterocycles. The molecule has 0 saturated heterocycles. The normalized spacial score (nSPS) is 12.2. The van der Waals surface area contributed by atoms with Crippen LogP contribution in [-0.4, -0.2) is 37.6 Å². The summed E-state index contributed by atoms with van der Waals surface area (Å²) in [6, 6.07) is 7.27. The monoisotopic (exact) mass is 307 g/mol. The van der Waals surface area contributed by atoms with E-state index in [0.29, 0.717) is 5.56 Å². The van der Waals surface area contributed by atoms with Crippen molar-refractivity contribution in [2.75, 3.05) is 13.7 Å². The van der Waals surface area contributed by atoms with Crippen molar-refractivity contribution in [3.05, 3.63) is 35.9 Å². The molecular weight excluding hydrogens is 286 g/mol. The van der Waals surface area contributed by atoms with Gasteiger partial charge in [0.1, 0.15) is 6.04 Å². The Morgan fingerprint density at radius 2 is 1.77 bits per heavy atom. The van der Waals surface area contributed by atoms with Gasteiger partial charge in [-0.3, -0.25) is 9.59 Å². The average Bonchev–Trinajstić information content (AvgIpc) is 2.52. The Balaban J connectivity index is 3.04. The Hall–Kier alpha value is -2.37. The molecule has 1 aromatic rings. The second-order valence-electron chi connectivity index (χ2n) is 5.24. The van der Waals surface area contributed by atoms with Crippen LogP contribution in [0.15, 0.2) is 30.3 Å². The van der Waals surface area contributed by atoms with Crippen LogP contribution in [0.1, 0.15) is 31.1 Å². The zero-order valence-electron chi connectivity index (χ0n) is 13.2. The molecule has 1 N–H and O–H groups in total. The molecule has 0 saturated carbocycles. The van der Waals surface area contributed by atoms with Gasteiger partial charge in [-0.15, -0.1) is 0 Å². The van der Waals surface area contributed by atoms with Crippen molar-refractivity contribution in [2.45, 2.75) is 26.8 Å². The minimum atomic E-state index is -1.26. The van der Waals surface area contributed by atoms with Crippen molar-refractivity contribution in [3.8, 4) is 0 Å². The van der Waals surface area contributed by atoms with E-state index in [1.807, 2.05) is 0 Å². The third kappa shape index (κ3) is 4.07. The van der Waals surface area contributed by atoms with Crippen molar-refractivity contribution < 1.29 is 23.9 Å². The number of carbonyl (C=O) groups is 3. The molecule has 1 aromatic carbocycles. The van der Waals surface area contributed by atoms with Crippen LogP contribution in [0.2, 0.25) is 0 Å². The highest BCUT2D eigenvalue weighted by Crippen LogP contribution is 2.24. The van der Waals surface area contributed by atoms with Crippen molar-refractivity contribution in [1.29, 1.82) is 0 Å². The molecule has 0 aromatic heterocycles. The summed E-state index contributed by atoms with van der Waals surface area (Å²) >= 11 is 0. The van der Waals surface area contributed by atoms with Crippen molar-refractivity contribution >= 4 is 17.8 Å². The lowest BCUT2D eigenvalue weighted by Gasteiger charge is -2.30. The van der Waals surface area contributed by atoms with Gasteiger partial charge in [0, 0.05) is 5.56 Å². The van der Waals surface area contributed by atoms with Crippen molar-refractivity contribution in [3.63, 3.8) is 0 Å². The fraction of sp³-hybridized carbons (Fsp3) is 0.438. The minimum absolute atomic E-state index is 0.147. The second kappa shape index (κ2) is 7.59. The van der Waals surface area contributed by atoms with E-state index in [-0.39, 0.29) is 6.61 Å². The number of benzene rings is 1. The number of hydrogen-bond donors (Lipinski definition) is 1. The molecule has 6 heteroatoms. The Bertz CT molecular complexity index is 539. The lowest BCUT2D eigenvalue weighted by atomic mass is 9.84. The number of rotatable bonds is 6. The fourth-order valence-corrected chi connectivity index (χ4v) is 1.94. The number of esters is 2. The minimum Gasteiger partial charge on any atom is -0.469 e. The predicted molar refractivity (Wildman–Crippen MR) is 80.1 cm³/mol. The summed E-state index contributed by atoms with van der Waals surface area (Å²) in [5.74, 6) is -1.75.